The predicted molar refractivity (Wildman–Crippen MR) is 75.9 cm³/mol. The van der Waals surface area contributed by atoms with Crippen molar-refractivity contribution in [3.8, 4) is 0 Å². The number of nitrogens with one attached hydrogen (secondary N) is 2. The Morgan fingerprint density at radius 1 is 1.32 bits per heavy atom. The third-order valence-corrected chi connectivity index (χ3v) is 4.37. The molecule has 0 spiro atoms. The summed E-state index contributed by atoms with van der Waals surface area (Å²) in [5.41, 5.74) is 1.31. The highest BCUT2D eigenvalue weighted by Crippen LogP contribution is 2.47. The largest absolute Gasteiger partial charge is 0.356 e. The lowest BCUT2D eigenvalue weighted by atomic mass is 10.1. The molecule has 3 rings (SSSR count). The van der Waals surface area contributed by atoms with Gasteiger partial charge < -0.3 is 10.6 Å². The van der Waals surface area contributed by atoms with Crippen LogP contribution >= 0.6 is 0 Å². The van der Waals surface area contributed by atoms with Crippen LogP contribution in [0.15, 0.2) is 30.3 Å². The van der Waals surface area contributed by atoms with Crippen LogP contribution in [0.4, 0.5) is 0 Å². The summed E-state index contributed by atoms with van der Waals surface area (Å²) in [5, 5.41) is 6.47. The van der Waals surface area contributed by atoms with Gasteiger partial charge in [-0.15, -0.1) is 0 Å². The molecule has 3 nitrogen and oxygen atoms in total. The summed E-state index contributed by atoms with van der Waals surface area (Å²) in [4.78, 5) is 12.0. The van der Waals surface area contributed by atoms with Crippen molar-refractivity contribution < 1.29 is 4.79 Å². The molecule has 1 heterocycles. The van der Waals surface area contributed by atoms with Crippen LogP contribution in [0, 0.1) is 11.8 Å². The van der Waals surface area contributed by atoms with Crippen molar-refractivity contribution >= 4 is 5.91 Å². The number of carbonyl (C=O) groups excluding carboxylic acids is 1. The Hall–Kier alpha value is -1.35. The lowest BCUT2D eigenvalue weighted by molar-refractivity contribution is -0.122. The minimum absolute atomic E-state index is 0.212. The summed E-state index contributed by atoms with van der Waals surface area (Å²) in [6.07, 6.45) is 3.38. The fourth-order valence-electron chi connectivity index (χ4n) is 3.04. The smallest absolute Gasteiger partial charge is 0.223 e. The first-order valence-electron chi connectivity index (χ1n) is 7.38. The fourth-order valence-corrected chi connectivity index (χ4v) is 3.04. The third kappa shape index (κ3) is 3.16. The van der Waals surface area contributed by atoms with Crippen LogP contribution in [0.2, 0.25) is 0 Å². The SMILES string of the molecule is O=C(NCCC1CCNC1)C1CC1c1ccccc1. The van der Waals surface area contributed by atoms with Crippen LogP contribution in [0.5, 0.6) is 0 Å². The van der Waals surface area contributed by atoms with Crippen molar-refractivity contribution in [3.63, 3.8) is 0 Å². The highest BCUT2D eigenvalue weighted by atomic mass is 16.2. The molecule has 0 radical (unpaired) electrons. The first-order chi connectivity index (χ1) is 9.34. The van der Waals surface area contributed by atoms with Crippen molar-refractivity contribution in [1.82, 2.24) is 10.6 Å². The molecule has 1 aliphatic heterocycles. The quantitative estimate of drug-likeness (QED) is 0.847. The maximum absolute atomic E-state index is 12.0. The Kier molecular flexibility index (Phi) is 3.83. The van der Waals surface area contributed by atoms with Crippen LogP contribution in [-0.2, 0) is 4.79 Å². The highest BCUT2D eigenvalue weighted by molar-refractivity contribution is 5.82. The van der Waals surface area contributed by atoms with Crippen LogP contribution < -0.4 is 10.6 Å². The second kappa shape index (κ2) is 5.74. The van der Waals surface area contributed by atoms with E-state index in [-0.39, 0.29) is 11.8 Å². The van der Waals surface area contributed by atoms with E-state index in [1.165, 1.54) is 12.0 Å². The molecule has 1 amide bonds. The molecule has 2 N–H and O–H groups in total. The maximum Gasteiger partial charge on any atom is 0.223 e. The van der Waals surface area contributed by atoms with Gasteiger partial charge in [0, 0.05) is 12.5 Å². The monoisotopic (exact) mass is 258 g/mol. The van der Waals surface area contributed by atoms with Gasteiger partial charge in [-0.05, 0) is 49.8 Å². The van der Waals surface area contributed by atoms with Gasteiger partial charge in [0.05, 0.1) is 0 Å². The van der Waals surface area contributed by atoms with Crippen LogP contribution in [-0.4, -0.2) is 25.5 Å². The number of hydrogen-bond donors (Lipinski definition) is 2. The Balaban J connectivity index is 1.40. The zero-order valence-electron chi connectivity index (χ0n) is 11.3. The molecule has 19 heavy (non-hydrogen) atoms. The second-order valence-electron chi connectivity index (χ2n) is 5.80. The first kappa shape index (κ1) is 12.7. The molecule has 3 atom stereocenters. The number of amides is 1. The Morgan fingerprint density at radius 3 is 2.89 bits per heavy atom. The van der Waals surface area contributed by atoms with Crippen molar-refractivity contribution in [2.75, 3.05) is 19.6 Å². The zero-order valence-corrected chi connectivity index (χ0v) is 11.3. The van der Waals surface area contributed by atoms with E-state index in [9.17, 15) is 4.79 Å². The van der Waals surface area contributed by atoms with E-state index in [2.05, 4.69) is 34.9 Å². The van der Waals surface area contributed by atoms with Gasteiger partial charge in [-0.2, -0.15) is 0 Å². The van der Waals surface area contributed by atoms with Crippen LogP contribution in [0.3, 0.4) is 0 Å². The van der Waals surface area contributed by atoms with Gasteiger partial charge in [0.25, 0.3) is 0 Å². The molecule has 0 bridgehead atoms. The van der Waals surface area contributed by atoms with Crippen LogP contribution in [0.25, 0.3) is 0 Å². The van der Waals surface area contributed by atoms with Crippen molar-refractivity contribution in [2.24, 2.45) is 11.8 Å². The molecule has 1 aromatic carbocycles. The molecule has 1 saturated heterocycles. The van der Waals surface area contributed by atoms with Gasteiger partial charge in [0.15, 0.2) is 0 Å². The van der Waals surface area contributed by atoms with Crippen molar-refractivity contribution in [1.29, 1.82) is 0 Å². The van der Waals surface area contributed by atoms with Crippen molar-refractivity contribution in [3.05, 3.63) is 35.9 Å². The van der Waals surface area contributed by atoms with E-state index in [0.717, 1.165) is 38.4 Å². The summed E-state index contributed by atoms with van der Waals surface area (Å²) in [6.45, 7) is 3.09. The van der Waals surface area contributed by atoms with E-state index in [1.54, 1.807) is 0 Å². The van der Waals surface area contributed by atoms with Crippen molar-refractivity contribution in [2.45, 2.75) is 25.2 Å². The fraction of sp³-hybridized carbons (Fsp3) is 0.562. The summed E-state index contributed by atoms with van der Waals surface area (Å²) < 4.78 is 0. The topological polar surface area (TPSA) is 41.1 Å². The average molecular weight is 258 g/mol. The number of benzene rings is 1. The number of carbonyl (C=O) groups is 1. The standard InChI is InChI=1S/C16H22N2O/c19-16(18-9-7-12-6-8-17-11-12)15-10-14(15)13-4-2-1-3-5-13/h1-5,12,14-15,17H,6-11H2,(H,18,19). The molecule has 2 aliphatic rings. The molecule has 102 valence electrons. The van der Waals surface area contributed by atoms with Gasteiger partial charge in [-0.1, -0.05) is 30.3 Å². The Morgan fingerprint density at radius 2 is 2.16 bits per heavy atom. The molecule has 1 saturated carbocycles. The third-order valence-electron chi connectivity index (χ3n) is 4.37. The highest BCUT2D eigenvalue weighted by Gasteiger charge is 2.43. The minimum atomic E-state index is 0.212. The Labute approximate surface area is 114 Å². The van der Waals surface area contributed by atoms with E-state index in [1.807, 2.05) is 6.07 Å². The molecule has 1 aromatic rings. The molecule has 2 fully saturated rings. The van der Waals surface area contributed by atoms with E-state index in [0.29, 0.717) is 5.92 Å². The zero-order chi connectivity index (χ0) is 13.1. The molecule has 3 unspecified atom stereocenters. The Bertz CT molecular complexity index is 426. The lowest BCUT2D eigenvalue weighted by Crippen LogP contribution is -2.28. The number of rotatable bonds is 5. The van der Waals surface area contributed by atoms with E-state index >= 15 is 0 Å². The first-order valence-corrected chi connectivity index (χ1v) is 7.38. The maximum atomic E-state index is 12.0. The van der Waals surface area contributed by atoms with Gasteiger partial charge in [-0.3, -0.25) is 4.79 Å². The normalized spacial score (nSPS) is 29.2. The molecule has 3 heteroatoms. The number of hydrogen-bond acceptors (Lipinski definition) is 2. The van der Waals surface area contributed by atoms with E-state index in [4.69, 9.17) is 0 Å². The van der Waals surface area contributed by atoms with Gasteiger partial charge in [0.1, 0.15) is 0 Å². The molecule has 1 aliphatic carbocycles. The summed E-state index contributed by atoms with van der Waals surface area (Å²) >= 11 is 0. The van der Waals surface area contributed by atoms with Gasteiger partial charge >= 0.3 is 0 Å². The summed E-state index contributed by atoms with van der Waals surface area (Å²) in [5.74, 6) is 1.67. The summed E-state index contributed by atoms with van der Waals surface area (Å²) in [7, 11) is 0. The molecular formula is C16H22N2O. The van der Waals surface area contributed by atoms with E-state index < -0.39 is 0 Å². The lowest BCUT2D eigenvalue weighted by Gasteiger charge is -2.09. The second-order valence-corrected chi connectivity index (χ2v) is 5.80. The molecular weight excluding hydrogens is 236 g/mol. The minimum Gasteiger partial charge on any atom is -0.356 e. The van der Waals surface area contributed by atoms with Gasteiger partial charge in [0.2, 0.25) is 5.91 Å². The molecule has 0 aromatic heterocycles. The predicted octanol–water partition coefficient (Wildman–Crippen LogP) is 1.91. The average Bonchev–Trinajstić information content (AvgIpc) is 3.09. The van der Waals surface area contributed by atoms with Gasteiger partial charge in [-0.25, -0.2) is 0 Å². The van der Waals surface area contributed by atoms with Crippen LogP contribution in [0.1, 0.15) is 30.7 Å². The summed E-state index contributed by atoms with van der Waals surface area (Å²) in [6, 6.07) is 10.4.